The zero-order chi connectivity index (χ0) is 13.7. The lowest BCUT2D eigenvalue weighted by Gasteiger charge is -2.18. The Hall–Kier alpha value is -1.88. The molecule has 1 aromatic carbocycles. The number of aryl methyl sites for hydroxylation is 1. The highest BCUT2D eigenvalue weighted by Crippen LogP contribution is 2.25. The third kappa shape index (κ3) is 3.12. The lowest BCUT2D eigenvalue weighted by Crippen LogP contribution is -2.22. The molecular formula is C14H20N4O. The molecule has 5 nitrogen and oxygen atoms in total. The molecule has 2 rings (SSSR count). The van der Waals surface area contributed by atoms with Crippen molar-refractivity contribution in [2.24, 2.45) is 0 Å². The van der Waals surface area contributed by atoms with Crippen LogP contribution in [0.1, 0.15) is 37.7 Å². The van der Waals surface area contributed by atoms with E-state index in [4.69, 9.17) is 0 Å². The summed E-state index contributed by atoms with van der Waals surface area (Å²) in [4.78, 5) is 0. The number of benzene rings is 1. The molecular weight excluding hydrogens is 240 g/mol. The van der Waals surface area contributed by atoms with Gasteiger partial charge in [0, 0.05) is 18.2 Å². The lowest BCUT2D eigenvalue weighted by atomic mass is 10.0. The van der Waals surface area contributed by atoms with E-state index in [0.717, 1.165) is 24.4 Å². The minimum absolute atomic E-state index is 0.114. The van der Waals surface area contributed by atoms with Crippen molar-refractivity contribution in [1.29, 1.82) is 0 Å². The average Bonchev–Trinajstić information content (AvgIpc) is 2.88. The predicted molar refractivity (Wildman–Crippen MR) is 73.7 cm³/mol. The first-order valence-electron chi connectivity index (χ1n) is 6.64. The highest BCUT2D eigenvalue weighted by molar-refractivity contribution is 5.34. The average molecular weight is 260 g/mol. The molecule has 0 radical (unpaired) electrons. The molecule has 1 aromatic heterocycles. The summed E-state index contributed by atoms with van der Waals surface area (Å²) in [6.45, 7) is 5.65. The van der Waals surface area contributed by atoms with Crippen molar-refractivity contribution < 1.29 is 5.11 Å². The summed E-state index contributed by atoms with van der Waals surface area (Å²) < 4.78 is 2.00. The van der Waals surface area contributed by atoms with Crippen molar-refractivity contribution in [3.05, 3.63) is 42.0 Å². The molecule has 0 bridgehead atoms. The molecule has 0 aliphatic carbocycles. The van der Waals surface area contributed by atoms with E-state index in [1.165, 1.54) is 0 Å². The van der Waals surface area contributed by atoms with Crippen LogP contribution in [0, 0.1) is 0 Å². The topological polar surface area (TPSA) is 63.0 Å². The predicted octanol–water partition coefficient (Wildman–Crippen LogP) is 2.24. The number of hydrogen-bond donors (Lipinski definition) is 2. The van der Waals surface area contributed by atoms with Crippen molar-refractivity contribution in [2.45, 2.75) is 39.4 Å². The van der Waals surface area contributed by atoms with Crippen LogP contribution in [0.5, 0.6) is 5.75 Å². The van der Waals surface area contributed by atoms with Gasteiger partial charge in [-0.15, -0.1) is 10.2 Å². The summed E-state index contributed by atoms with van der Waals surface area (Å²) in [5.41, 5.74) is 0.924. The van der Waals surface area contributed by atoms with Crippen molar-refractivity contribution in [2.75, 3.05) is 0 Å². The summed E-state index contributed by atoms with van der Waals surface area (Å²) in [5, 5.41) is 21.3. The highest BCUT2D eigenvalue weighted by atomic mass is 16.3. The Morgan fingerprint density at radius 1 is 1.32 bits per heavy atom. The quantitative estimate of drug-likeness (QED) is 0.836. The van der Waals surface area contributed by atoms with Crippen LogP contribution >= 0.6 is 0 Å². The Bertz CT molecular complexity index is 524. The number of para-hydroxylation sites is 1. The Labute approximate surface area is 113 Å². The largest absolute Gasteiger partial charge is 0.508 e. The van der Waals surface area contributed by atoms with E-state index in [0.29, 0.717) is 12.3 Å². The number of hydrogen-bond acceptors (Lipinski definition) is 4. The van der Waals surface area contributed by atoms with Gasteiger partial charge < -0.3 is 15.0 Å². The summed E-state index contributed by atoms with van der Waals surface area (Å²) >= 11 is 0. The first kappa shape index (κ1) is 13.5. The maximum atomic E-state index is 9.90. The van der Waals surface area contributed by atoms with Gasteiger partial charge in [-0.05, 0) is 19.4 Å². The van der Waals surface area contributed by atoms with Crippen LogP contribution in [0.15, 0.2) is 30.6 Å². The third-order valence-corrected chi connectivity index (χ3v) is 3.26. The van der Waals surface area contributed by atoms with Crippen LogP contribution in [0.3, 0.4) is 0 Å². The standard InChI is InChI=1S/C14H20N4O/c1-3-12(11-7-5-6-8-13(11)19)15-9-14-17-16-10-18(14)4-2/h5-8,10,12,15,19H,3-4,9H2,1-2H3. The number of aromatic hydroxyl groups is 1. The molecule has 0 spiro atoms. The molecule has 19 heavy (non-hydrogen) atoms. The fourth-order valence-electron chi connectivity index (χ4n) is 2.15. The Kier molecular flexibility index (Phi) is 4.52. The maximum Gasteiger partial charge on any atom is 0.146 e. The van der Waals surface area contributed by atoms with Gasteiger partial charge in [0.25, 0.3) is 0 Å². The van der Waals surface area contributed by atoms with E-state index in [-0.39, 0.29) is 6.04 Å². The van der Waals surface area contributed by atoms with E-state index in [1.54, 1.807) is 12.4 Å². The van der Waals surface area contributed by atoms with Crippen LogP contribution in [0.25, 0.3) is 0 Å². The molecule has 102 valence electrons. The van der Waals surface area contributed by atoms with E-state index in [1.807, 2.05) is 22.8 Å². The van der Waals surface area contributed by atoms with Crippen LogP contribution in [-0.4, -0.2) is 19.9 Å². The van der Waals surface area contributed by atoms with Crippen molar-refractivity contribution in [3.63, 3.8) is 0 Å². The molecule has 2 N–H and O–H groups in total. The van der Waals surface area contributed by atoms with E-state index < -0.39 is 0 Å². The third-order valence-electron chi connectivity index (χ3n) is 3.26. The molecule has 1 atom stereocenters. The molecule has 1 heterocycles. The second-order valence-electron chi connectivity index (χ2n) is 4.43. The normalized spacial score (nSPS) is 12.5. The second-order valence-corrected chi connectivity index (χ2v) is 4.43. The minimum Gasteiger partial charge on any atom is -0.508 e. The second kappa shape index (κ2) is 6.33. The van der Waals surface area contributed by atoms with Crippen molar-refractivity contribution in [3.8, 4) is 5.75 Å². The molecule has 0 fully saturated rings. The molecule has 0 amide bonds. The summed E-state index contributed by atoms with van der Waals surface area (Å²) in [7, 11) is 0. The van der Waals surface area contributed by atoms with Crippen LogP contribution in [-0.2, 0) is 13.1 Å². The van der Waals surface area contributed by atoms with Gasteiger partial charge in [0.15, 0.2) is 0 Å². The van der Waals surface area contributed by atoms with Gasteiger partial charge in [0.1, 0.15) is 17.9 Å². The molecule has 1 unspecified atom stereocenters. The molecule has 0 aliphatic heterocycles. The van der Waals surface area contributed by atoms with Crippen molar-refractivity contribution in [1.82, 2.24) is 20.1 Å². The highest BCUT2D eigenvalue weighted by Gasteiger charge is 2.13. The lowest BCUT2D eigenvalue weighted by molar-refractivity contribution is 0.436. The Morgan fingerprint density at radius 3 is 2.79 bits per heavy atom. The van der Waals surface area contributed by atoms with E-state index in [2.05, 4.69) is 29.4 Å². The number of nitrogens with one attached hydrogen (secondary N) is 1. The van der Waals surface area contributed by atoms with Gasteiger partial charge in [-0.25, -0.2) is 0 Å². The monoisotopic (exact) mass is 260 g/mol. The maximum absolute atomic E-state index is 9.90. The van der Waals surface area contributed by atoms with Gasteiger partial charge in [-0.3, -0.25) is 0 Å². The molecule has 0 saturated heterocycles. The van der Waals surface area contributed by atoms with E-state index >= 15 is 0 Å². The molecule has 2 aromatic rings. The first-order valence-corrected chi connectivity index (χ1v) is 6.64. The number of phenolic OH excluding ortho intramolecular Hbond substituents is 1. The van der Waals surface area contributed by atoms with Crippen LogP contribution in [0.2, 0.25) is 0 Å². The Balaban J connectivity index is 2.06. The number of nitrogens with zero attached hydrogens (tertiary/aromatic N) is 3. The summed E-state index contributed by atoms with van der Waals surface area (Å²) in [5.74, 6) is 1.25. The van der Waals surface area contributed by atoms with Gasteiger partial charge in [-0.2, -0.15) is 0 Å². The fourth-order valence-corrected chi connectivity index (χ4v) is 2.15. The van der Waals surface area contributed by atoms with E-state index in [9.17, 15) is 5.11 Å². The summed E-state index contributed by atoms with van der Waals surface area (Å²) in [6, 6.07) is 7.55. The van der Waals surface area contributed by atoms with Crippen LogP contribution < -0.4 is 5.32 Å². The van der Waals surface area contributed by atoms with Crippen molar-refractivity contribution >= 4 is 0 Å². The van der Waals surface area contributed by atoms with Gasteiger partial charge in [-0.1, -0.05) is 25.1 Å². The zero-order valence-corrected chi connectivity index (χ0v) is 11.4. The molecule has 0 aliphatic rings. The van der Waals surface area contributed by atoms with Gasteiger partial charge in [0.2, 0.25) is 0 Å². The number of rotatable bonds is 6. The van der Waals surface area contributed by atoms with Gasteiger partial charge in [0.05, 0.1) is 6.54 Å². The van der Waals surface area contributed by atoms with Crippen LogP contribution in [0.4, 0.5) is 0 Å². The number of aromatic nitrogens is 3. The number of phenols is 1. The molecule has 0 saturated carbocycles. The SMILES string of the molecule is CCC(NCc1nncn1CC)c1ccccc1O. The zero-order valence-electron chi connectivity index (χ0n) is 11.4. The molecule has 5 heteroatoms. The van der Waals surface area contributed by atoms with Gasteiger partial charge >= 0.3 is 0 Å². The first-order chi connectivity index (χ1) is 9.26. The minimum atomic E-state index is 0.114. The smallest absolute Gasteiger partial charge is 0.146 e. The summed E-state index contributed by atoms with van der Waals surface area (Å²) in [6.07, 6.45) is 2.63. The fraction of sp³-hybridized carbons (Fsp3) is 0.429. The Morgan fingerprint density at radius 2 is 2.11 bits per heavy atom.